The van der Waals surface area contributed by atoms with Gasteiger partial charge in [-0.2, -0.15) is 0 Å². The molecule has 92 valence electrons. The fourth-order valence-corrected chi connectivity index (χ4v) is 2.64. The van der Waals surface area contributed by atoms with Crippen LogP contribution in [0, 0.1) is 5.82 Å². The van der Waals surface area contributed by atoms with Crippen molar-refractivity contribution in [1.29, 1.82) is 0 Å². The number of hydrogen-bond acceptors (Lipinski definition) is 2. The minimum atomic E-state index is -0.952. The van der Waals surface area contributed by atoms with Crippen molar-refractivity contribution in [2.75, 3.05) is 0 Å². The van der Waals surface area contributed by atoms with Crippen LogP contribution in [0.5, 0.6) is 0 Å². The smallest absolute Gasteiger partial charge is 0.336 e. The summed E-state index contributed by atoms with van der Waals surface area (Å²) in [6.07, 6.45) is 3.53. The summed E-state index contributed by atoms with van der Waals surface area (Å²) in [4.78, 5) is 15.9. The molecule has 2 aromatic rings. The minimum absolute atomic E-state index is 0.301. The molecule has 1 aliphatic carbocycles. The molecule has 0 bridgehead atoms. The molecule has 0 saturated carbocycles. The van der Waals surface area contributed by atoms with Gasteiger partial charge in [-0.05, 0) is 43.4 Å². The molecule has 3 nitrogen and oxygen atoms in total. The first kappa shape index (κ1) is 11.1. The standard InChI is InChI=1S/C14H12FNO2/c15-8-5-6-10-12(7-8)16-11-4-2-1-3-9(11)13(10)14(17)18/h5-7H,1-4H2,(H,17,18). The van der Waals surface area contributed by atoms with Crippen LogP contribution in [-0.4, -0.2) is 16.1 Å². The summed E-state index contributed by atoms with van der Waals surface area (Å²) < 4.78 is 13.2. The molecule has 1 aromatic heterocycles. The number of carboxylic acid groups (broad SMARTS) is 1. The lowest BCUT2D eigenvalue weighted by Gasteiger charge is -2.18. The van der Waals surface area contributed by atoms with Gasteiger partial charge in [0.1, 0.15) is 5.82 Å². The van der Waals surface area contributed by atoms with Gasteiger partial charge in [-0.3, -0.25) is 4.98 Å². The molecule has 1 aromatic carbocycles. The SMILES string of the molecule is O=C(O)c1c2c(nc3cc(F)ccc13)CCCC2. The quantitative estimate of drug-likeness (QED) is 0.840. The number of pyridine rings is 1. The third kappa shape index (κ3) is 1.65. The number of aromatic nitrogens is 1. The van der Waals surface area contributed by atoms with Gasteiger partial charge in [0.2, 0.25) is 0 Å². The third-order valence-electron chi connectivity index (χ3n) is 3.44. The van der Waals surface area contributed by atoms with Gasteiger partial charge in [0, 0.05) is 17.1 Å². The Morgan fingerprint density at radius 1 is 1.28 bits per heavy atom. The highest BCUT2D eigenvalue weighted by Crippen LogP contribution is 2.29. The zero-order chi connectivity index (χ0) is 12.7. The summed E-state index contributed by atoms with van der Waals surface area (Å²) in [6, 6.07) is 4.10. The van der Waals surface area contributed by atoms with Crippen LogP contribution in [0.3, 0.4) is 0 Å². The molecule has 0 saturated heterocycles. The van der Waals surface area contributed by atoms with E-state index in [0.29, 0.717) is 16.5 Å². The van der Waals surface area contributed by atoms with E-state index in [1.165, 1.54) is 18.2 Å². The Bertz CT molecular complexity index is 652. The zero-order valence-electron chi connectivity index (χ0n) is 9.74. The van der Waals surface area contributed by atoms with Crippen LogP contribution in [0.2, 0.25) is 0 Å². The molecule has 0 aliphatic heterocycles. The van der Waals surface area contributed by atoms with Gasteiger partial charge in [-0.25, -0.2) is 9.18 Å². The fraction of sp³-hybridized carbons (Fsp3) is 0.286. The van der Waals surface area contributed by atoms with Gasteiger partial charge in [0.15, 0.2) is 0 Å². The maximum atomic E-state index is 13.2. The summed E-state index contributed by atoms with van der Waals surface area (Å²) in [5.74, 6) is -1.34. The van der Waals surface area contributed by atoms with Crippen LogP contribution >= 0.6 is 0 Å². The predicted octanol–water partition coefficient (Wildman–Crippen LogP) is 2.95. The molecule has 18 heavy (non-hydrogen) atoms. The van der Waals surface area contributed by atoms with Gasteiger partial charge in [0.25, 0.3) is 0 Å². The Morgan fingerprint density at radius 2 is 2.06 bits per heavy atom. The molecule has 0 fully saturated rings. The highest BCUT2D eigenvalue weighted by molar-refractivity contribution is 6.04. The summed E-state index contributed by atoms with van der Waals surface area (Å²) in [5.41, 5.74) is 2.38. The Morgan fingerprint density at radius 3 is 2.83 bits per heavy atom. The first-order valence-electron chi connectivity index (χ1n) is 6.01. The second-order valence-electron chi connectivity index (χ2n) is 4.59. The molecule has 0 radical (unpaired) electrons. The van der Waals surface area contributed by atoms with E-state index in [1.54, 1.807) is 0 Å². The van der Waals surface area contributed by atoms with Crippen LogP contribution in [0.1, 0.15) is 34.5 Å². The maximum absolute atomic E-state index is 13.2. The van der Waals surface area contributed by atoms with Gasteiger partial charge >= 0.3 is 5.97 Å². The average molecular weight is 245 g/mol. The van der Waals surface area contributed by atoms with Crippen LogP contribution < -0.4 is 0 Å². The number of nitrogens with zero attached hydrogens (tertiary/aromatic N) is 1. The zero-order valence-corrected chi connectivity index (χ0v) is 9.74. The number of hydrogen-bond donors (Lipinski definition) is 1. The fourth-order valence-electron chi connectivity index (χ4n) is 2.64. The minimum Gasteiger partial charge on any atom is -0.478 e. The predicted molar refractivity (Wildman–Crippen MR) is 65.3 cm³/mol. The summed E-state index contributed by atoms with van der Waals surface area (Å²) in [6.45, 7) is 0. The monoisotopic (exact) mass is 245 g/mol. The van der Waals surface area contributed by atoms with Gasteiger partial charge in [-0.1, -0.05) is 0 Å². The molecule has 3 rings (SSSR count). The number of halogens is 1. The Balaban J connectivity index is 2.40. The lowest BCUT2D eigenvalue weighted by atomic mass is 9.90. The molecule has 0 atom stereocenters. The first-order chi connectivity index (χ1) is 8.66. The van der Waals surface area contributed by atoms with E-state index in [9.17, 15) is 14.3 Å². The average Bonchev–Trinajstić information content (AvgIpc) is 2.35. The Labute approximate surface area is 103 Å². The molecule has 1 N–H and O–H groups in total. The number of aromatic carboxylic acids is 1. The molecule has 1 heterocycles. The third-order valence-corrected chi connectivity index (χ3v) is 3.44. The van der Waals surface area contributed by atoms with Gasteiger partial charge < -0.3 is 5.11 Å². The highest BCUT2D eigenvalue weighted by Gasteiger charge is 2.22. The maximum Gasteiger partial charge on any atom is 0.336 e. The molecule has 0 unspecified atom stereocenters. The van der Waals surface area contributed by atoms with Crippen molar-refractivity contribution in [1.82, 2.24) is 4.98 Å². The topological polar surface area (TPSA) is 50.2 Å². The number of carboxylic acids is 1. The molecular formula is C14H12FNO2. The molecular weight excluding hydrogens is 233 g/mol. The largest absolute Gasteiger partial charge is 0.478 e. The number of fused-ring (bicyclic) bond motifs is 2. The van der Waals surface area contributed by atoms with E-state index < -0.39 is 5.97 Å². The summed E-state index contributed by atoms with van der Waals surface area (Å²) in [7, 11) is 0. The van der Waals surface area contributed by atoms with Crippen molar-refractivity contribution in [2.24, 2.45) is 0 Å². The number of aryl methyl sites for hydroxylation is 1. The second kappa shape index (κ2) is 4.05. The van der Waals surface area contributed by atoms with E-state index >= 15 is 0 Å². The van der Waals surface area contributed by atoms with E-state index in [-0.39, 0.29) is 5.82 Å². The molecule has 0 spiro atoms. The number of benzene rings is 1. The second-order valence-corrected chi connectivity index (χ2v) is 4.59. The first-order valence-corrected chi connectivity index (χ1v) is 6.01. The number of carbonyl (C=O) groups is 1. The van der Waals surface area contributed by atoms with Crippen LogP contribution in [0.4, 0.5) is 4.39 Å². The lowest BCUT2D eigenvalue weighted by molar-refractivity contribution is 0.0697. The van der Waals surface area contributed by atoms with E-state index in [0.717, 1.165) is 36.9 Å². The number of rotatable bonds is 1. The van der Waals surface area contributed by atoms with Crippen molar-refractivity contribution >= 4 is 16.9 Å². The van der Waals surface area contributed by atoms with E-state index in [1.807, 2.05) is 0 Å². The summed E-state index contributed by atoms with van der Waals surface area (Å²) in [5, 5.41) is 9.92. The highest BCUT2D eigenvalue weighted by atomic mass is 19.1. The van der Waals surface area contributed by atoms with Crippen LogP contribution in [0.15, 0.2) is 18.2 Å². The van der Waals surface area contributed by atoms with Gasteiger partial charge in [-0.15, -0.1) is 0 Å². The van der Waals surface area contributed by atoms with Crippen LogP contribution in [0.25, 0.3) is 10.9 Å². The van der Waals surface area contributed by atoms with Crippen molar-refractivity contribution < 1.29 is 14.3 Å². The van der Waals surface area contributed by atoms with Crippen molar-refractivity contribution in [3.63, 3.8) is 0 Å². The van der Waals surface area contributed by atoms with E-state index in [4.69, 9.17) is 0 Å². The van der Waals surface area contributed by atoms with Crippen molar-refractivity contribution in [2.45, 2.75) is 25.7 Å². The molecule has 0 amide bonds. The summed E-state index contributed by atoms with van der Waals surface area (Å²) >= 11 is 0. The van der Waals surface area contributed by atoms with Gasteiger partial charge in [0.05, 0.1) is 11.1 Å². The lowest BCUT2D eigenvalue weighted by Crippen LogP contribution is -2.13. The van der Waals surface area contributed by atoms with Crippen molar-refractivity contribution in [3.8, 4) is 0 Å². The van der Waals surface area contributed by atoms with E-state index in [2.05, 4.69) is 4.98 Å². The Kier molecular flexibility index (Phi) is 2.51. The Hall–Kier alpha value is -1.97. The molecule has 4 heteroatoms. The van der Waals surface area contributed by atoms with Crippen LogP contribution in [-0.2, 0) is 12.8 Å². The normalized spacial score (nSPS) is 14.5. The van der Waals surface area contributed by atoms with Crippen molar-refractivity contribution in [3.05, 3.63) is 40.8 Å². The molecule has 1 aliphatic rings.